The van der Waals surface area contributed by atoms with Crippen molar-refractivity contribution >= 4 is 0 Å². The average Bonchev–Trinajstić information content (AvgIpc) is 2.69. The number of hydrogen-bond donors (Lipinski definition) is 2. The van der Waals surface area contributed by atoms with E-state index in [1.807, 2.05) is 12.1 Å². The summed E-state index contributed by atoms with van der Waals surface area (Å²) < 4.78 is 0. The fraction of sp³-hybridized carbons (Fsp3) is 0.600. The van der Waals surface area contributed by atoms with E-state index in [9.17, 15) is 5.11 Å². The molecule has 1 aromatic rings. The van der Waals surface area contributed by atoms with E-state index in [4.69, 9.17) is 0 Å². The lowest BCUT2D eigenvalue weighted by molar-refractivity contribution is 0.301. The first kappa shape index (κ1) is 12.4. The predicted molar refractivity (Wildman–Crippen MR) is 71.2 cm³/mol. The monoisotopic (exact) mass is 233 g/mol. The van der Waals surface area contributed by atoms with Gasteiger partial charge in [-0.05, 0) is 55.8 Å². The van der Waals surface area contributed by atoms with E-state index in [-0.39, 0.29) is 5.54 Å². The zero-order valence-electron chi connectivity index (χ0n) is 10.9. The van der Waals surface area contributed by atoms with Crippen molar-refractivity contribution in [1.29, 1.82) is 0 Å². The minimum Gasteiger partial charge on any atom is -0.508 e. The summed E-state index contributed by atoms with van der Waals surface area (Å²) in [6, 6.07) is 7.65. The van der Waals surface area contributed by atoms with Crippen LogP contribution in [0.4, 0.5) is 0 Å². The first-order valence-electron chi connectivity index (χ1n) is 6.63. The van der Waals surface area contributed by atoms with E-state index in [0.29, 0.717) is 5.75 Å². The molecule has 1 aliphatic rings. The van der Waals surface area contributed by atoms with E-state index in [0.717, 1.165) is 18.9 Å². The van der Waals surface area contributed by atoms with Gasteiger partial charge in [0.2, 0.25) is 0 Å². The van der Waals surface area contributed by atoms with E-state index in [2.05, 4.69) is 19.2 Å². The van der Waals surface area contributed by atoms with Gasteiger partial charge in [-0.2, -0.15) is 0 Å². The van der Waals surface area contributed by atoms with Crippen molar-refractivity contribution in [3.63, 3.8) is 0 Å². The molecule has 0 spiro atoms. The molecule has 2 nitrogen and oxygen atoms in total. The van der Waals surface area contributed by atoms with Gasteiger partial charge < -0.3 is 10.4 Å². The first-order valence-corrected chi connectivity index (χ1v) is 6.63. The summed E-state index contributed by atoms with van der Waals surface area (Å²) in [5, 5.41) is 13.0. The van der Waals surface area contributed by atoms with Gasteiger partial charge in [0.25, 0.3) is 0 Å². The topological polar surface area (TPSA) is 32.3 Å². The molecule has 0 radical (unpaired) electrons. The Labute approximate surface area is 104 Å². The van der Waals surface area contributed by atoms with Crippen LogP contribution < -0.4 is 5.32 Å². The number of benzene rings is 1. The smallest absolute Gasteiger partial charge is 0.115 e. The van der Waals surface area contributed by atoms with Gasteiger partial charge in [-0.3, -0.25) is 0 Å². The third-order valence-electron chi connectivity index (χ3n) is 3.61. The van der Waals surface area contributed by atoms with Crippen molar-refractivity contribution in [2.75, 3.05) is 6.54 Å². The van der Waals surface area contributed by atoms with Crippen molar-refractivity contribution in [3.05, 3.63) is 29.8 Å². The minimum atomic E-state index is 0.283. The van der Waals surface area contributed by atoms with E-state index in [1.54, 1.807) is 12.1 Å². The van der Waals surface area contributed by atoms with Crippen LogP contribution in [0.1, 0.15) is 38.7 Å². The molecule has 1 heterocycles. The zero-order valence-corrected chi connectivity index (χ0v) is 10.9. The van der Waals surface area contributed by atoms with Gasteiger partial charge in [0.05, 0.1) is 0 Å². The Balaban J connectivity index is 2.09. The molecule has 1 fully saturated rings. The van der Waals surface area contributed by atoms with Crippen molar-refractivity contribution in [3.8, 4) is 5.75 Å². The molecule has 2 heteroatoms. The molecule has 1 saturated heterocycles. The summed E-state index contributed by atoms with van der Waals surface area (Å²) in [4.78, 5) is 0. The van der Waals surface area contributed by atoms with Gasteiger partial charge in [0.1, 0.15) is 5.75 Å². The second kappa shape index (κ2) is 5.09. The Morgan fingerprint density at radius 1 is 1.29 bits per heavy atom. The Kier molecular flexibility index (Phi) is 3.72. The quantitative estimate of drug-likeness (QED) is 0.837. The predicted octanol–water partition coefficient (Wildman–Crippen LogP) is 3.10. The van der Waals surface area contributed by atoms with Crippen LogP contribution >= 0.6 is 0 Å². The Hall–Kier alpha value is -1.02. The standard InChI is InChI=1S/C15H23NO/c1-12(2)10-15(8-3-9-16-15)11-13-4-6-14(17)7-5-13/h4-7,12,16-17H,3,8-11H2,1-2H3. The summed E-state index contributed by atoms with van der Waals surface area (Å²) in [5.41, 5.74) is 1.60. The first-order chi connectivity index (χ1) is 8.10. The molecule has 0 bridgehead atoms. The number of rotatable bonds is 4. The minimum absolute atomic E-state index is 0.283. The second-order valence-corrected chi connectivity index (χ2v) is 5.75. The molecule has 1 atom stereocenters. The van der Waals surface area contributed by atoms with Gasteiger partial charge in [-0.15, -0.1) is 0 Å². The van der Waals surface area contributed by atoms with Crippen LogP contribution in [0.2, 0.25) is 0 Å². The van der Waals surface area contributed by atoms with Crippen molar-refractivity contribution in [1.82, 2.24) is 5.32 Å². The fourth-order valence-electron chi connectivity index (χ4n) is 3.05. The SMILES string of the molecule is CC(C)CC1(Cc2ccc(O)cc2)CCCN1. The number of hydrogen-bond acceptors (Lipinski definition) is 2. The highest BCUT2D eigenvalue weighted by atomic mass is 16.3. The molecule has 94 valence electrons. The molecule has 0 amide bonds. The molecular weight excluding hydrogens is 210 g/mol. The number of aromatic hydroxyl groups is 1. The Morgan fingerprint density at radius 3 is 2.53 bits per heavy atom. The van der Waals surface area contributed by atoms with Crippen LogP contribution in [0.15, 0.2) is 24.3 Å². The maximum atomic E-state index is 9.31. The highest BCUT2D eigenvalue weighted by Gasteiger charge is 2.33. The summed E-state index contributed by atoms with van der Waals surface area (Å²) >= 11 is 0. The summed E-state index contributed by atoms with van der Waals surface area (Å²) in [5.74, 6) is 1.07. The van der Waals surface area contributed by atoms with E-state index >= 15 is 0 Å². The fourth-order valence-corrected chi connectivity index (χ4v) is 3.05. The lowest BCUT2D eigenvalue weighted by Crippen LogP contribution is -2.43. The molecule has 1 unspecified atom stereocenters. The van der Waals surface area contributed by atoms with Crippen LogP contribution in [-0.4, -0.2) is 17.2 Å². The van der Waals surface area contributed by atoms with Gasteiger partial charge >= 0.3 is 0 Å². The molecule has 17 heavy (non-hydrogen) atoms. The van der Waals surface area contributed by atoms with E-state index < -0.39 is 0 Å². The third-order valence-corrected chi connectivity index (χ3v) is 3.61. The number of phenolic OH excluding ortho intramolecular Hbond substituents is 1. The van der Waals surface area contributed by atoms with Crippen molar-refractivity contribution in [2.24, 2.45) is 5.92 Å². The van der Waals surface area contributed by atoms with Crippen LogP contribution in [0.5, 0.6) is 5.75 Å². The molecule has 0 aromatic heterocycles. The van der Waals surface area contributed by atoms with Crippen LogP contribution in [0.25, 0.3) is 0 Å². The number of phenols is 1. The largest absolute Gasteiger partial charge is 0.508 e. The molecule has 2 N–H and O–H groups in total. The highest BCUT2D eigenvalue weighted by Crippen LogP contribution is 2.30. The molecule has 1 aromatic carbocycles. The maximum Gasteiger partial charge on any atom is 0.115 e. The summed E-state index contributed by atoms with van der Waals surface area (Å²) in [6.45, 7) is 5.72. The van der Waals surface area contributed by atoms with Crippen LogP contribution in [0.3, 0.4) is 0 Å². The molecule has 0 aliphatic carbocycles. The molecule has 1 aliphatic heterocycles. The van der Waals surface area contributed by atoms with Gasteiger partial charge in [-0.1, -0.05) is 26.0 Å². The highest BCUT2D eigenvalue weighted by molar-refractivity contribution is 5.27. The lowest BCUT2D eigenvalue weighted by Gasteiger charge is -2.31. The van der Waals surface area contributed by atoms with Gasteiger partial charge in [0.15, 0.2) is 0 Å². The van der Waals surface area contributed by atoms with Crippen molar-refractivity contribution in [2.45, 2.75) is 45.1 Å². The Bertz CT molecular complexity index is 350. The maximum absolute atomic E-state index is 9.31. The van der Waals surface area contributed by atoms with Crippen LogP contribution in [-0.2, 0) is 6.42 Å². The zero-order chi connectivity index (χ0) is 12.3. The molecule has 0 saturated carbocycles. The normalized spacial score (nSPS) is 24.4. The van der Waals surface area contributed by atoms with Gasteiger partial charge in [0, 0.05) is 5.54 Å². The van der Waals surface area contributed by atoms with Gasteiger partial charge in [-0.25, -0.2) is 0 Å². The average molecular weight is 233 g/mol. The summed E-state index contributed by atoms with van der Waals surface area (Å²) in [6.07, 6.45) is 4.86. The lowest BCUT2D eigenvalue weighted by atomic mass is 9.82. The Morgan fingerprint density at radius 2 is 2.00 bits per heavy atom. The molecular formula is C15H23NO. The third kappa shape index (κ3) is 3.22. The molecule has 2 rings (SSSR count). The van der Waals surface area contributed by atoms with Crippen LogP contribution in [0, 0.1) is 5.92 Å². The van der Waals surface area contributed by atoms with Crippen molar-refractivity contribution < 1.29 is 5.11 Å². The second-order valence-electron chi connectivity index (χ2n) is 5.75. The summed E-state index contributed by atoms with van der Waals surface area (Å²) in [7, 11) is 0. The van der Waals surface area contributed by atoms with E-state index in [1.165, 1.54) is 24.8 Å². The number of nitrogens with one attached hydrogen (secondary N) is 1.